The lowest BCUT2D eigenvalue weighted by Gasteiger charge is -2.11. The number of ether oxygens (including phenoxy) is 1. The van der Waals surface area contributed by atoms with Crippen LogP contribution in [0.4, 0.5) is 0 Å². The highest BCUT2D eigenvalue weighted by Crippen LogP contribution is 2.26. The third kappa shape index (κ3) is 3.93. The van der Waals surface area contributed by atoms with Crippen LogP contribution in [0, 0.1) is 0 Å². The number of hydrogen-bond acceptors (Lipinski definition) is 3. The molecule has 4 nitrogen and oxygen atoms in total. The maximum atomic E-state index is 8.73. The molecule has 0 fully saturated rings. The molecule has 1 aromatic rings. The van der Waals surface area contributed by atoms with Crippen LogP contribution in [-0.4, -0.2) is 17.6 Å². The molecule has 0 spiro atoms. The molecule has 0 aliphatic heterocycles. The molecule has 94 valence electrons. The molecular formula is C12H17BrN2O2. The number of unbranched alkanes of at least 4 members (excludes halogenated alkanes) is 2. The fraction of sp³-hybridized carbons (Fsp3) is 0.417. The minimum Gasteiger partial charge on any atom is -0.493 e. The third-order valence-corrected chi connectivity index (χ3v) is 3.01. The van der Waals surface area contributed by atoms with Crippen molar-refractivity contribution < 1.29 is 9.94 Å². The molecule has 0 aliphatic carbocycles. The topological polar surface area (TPSA) is 67.8 Å². The molecular weight excluding hydrogens is 284 g/mol. The van der Waals surface area contributed by atoms with Gasteiger partial charge < -0.3 is 15.7 Å². The monoisotopic (exact) mass is 300 g/mol. The second-order valence-electron chi connectivity index (χ2n) is 3.65. The number of oxime groups is 1. The van der Waals surface area contributed by atoms with Crippen LogP contribution in [0.5, 0.6) is 5.75 Å². The van der Waals surface area contributed by atoms with E-state index in [2.05, 4.69) is 28.0 Å². The first-order chi connectivity index (χ1) is 8.20. The number of benzene rings is 1. The van der Waals surface area contributed by atoms with Crippen LogP contribution in [0.1, 0.15) is 31.7 Å². The molecule has 3 N–H and O–H groups in total. The molecule has 1 rings (SSSR count). The maximum absolute atomic E-state index is 8.73. The van der Waals surface area contributed by atoms with Crippen molar-refractivity contribution in [1.29, 1.82) is 0 Å². The predicted octanol–water partition coefficient (Wildman–Crippen LogP) is 3.11. The van der Waals surface area contributed by atoms with Crippen LogP contribution < -0.4 is 10.5 Å². The van der Waals surface area contributed by atoms with Crippen molar-refractivity contribution in [1.82, 2.24) is 0 Å². The first-order valence-electron chi connectivity index (χ1n) is 5.60. The highest BCUT2D eigenvalue weighted by atomic mass is 79.9. The van der Waals surface area contributed by atoms with E-state index >= 15 is 0 Å². The Bertz CT molecular complexity index is 394. The van der Waals surface area contributed by atoms with Crippen LogP contribution in [0.15, 0.2) is 27.8 Å². The van der Waals surface area contributed by atoms with Gasteiger partial charge in [0.25, 0.3) is 0 Å². The average Bonchev–Trinajstić information content (AvgIpc) is 2.34. The molecule has 17 heavy (non-hydrogen) atoms. The molecule has 0 bridgehead atoms. The molecule has 1 aromatic carbocycles. The van der Waals surface area contributed by atoms with Gasteiger partial charge in [-0.2, -0.15) is 0 Å². The van der Waals surface area contributed by atoms with Crippen LogP contribution >= 0.6 is 15.9 Å². The highest BCUT2D eigenvalue weighted by Gasteiger charge is 2.12. The summed E-state index contributed by atoms with van der Waals surface area (Å²) in [6.45, 7) is 2.77. The van der Waals surface area contributed by atoms with E-state index in [9.17, 15) is 0 Å². The number of nitrogens with zero attached hydrogens (tertiary/aromatic N) is 1. The van der Waals surface area contributed by atoms with Crippen LogP contribution in [-0.2, 0) is 0 Å². The van der Waals surface area contributed by atoms with E-state index in [4.69, 9.17) is 15.7 Å². The first kappa shape index (κ1) is 13.8. The summed E-state index contributed by atoms with van der Waals surface area (Å²) in [7, 11) is 0. The SMILES string of the molecule is CCCCCOc1cccc(Br)c1/C(N)=N/O. The summed E-state index contributed by atoms with van der Waals surface area (Å²) in [4.78, 5) is 0. The molecule has 5 heteroatoms. The van der Waals surface area contributed by atoms with Gasteiger partial charge in [0.2, 0.25) is 0 Å². The molecule has 0 aromatic heterocycles. The van der Waals surface area contributed by atoms with Crippen molar-refractivity contribution in [2.75, 3.05) is 6.61 Å². The van der Waals surface area contributed by atoms with Crippen molar-refractivity contribution in [2.45, 2.75) is 26.2 Å². The molecule has 0 saturated carbocycles. The van der Waals surface area contributed by atoms with Crippen molar-refractivity contribution in [3.8, 4) is 5.75 Å². The molecule has 0 heterocycles. The fourth-order valence-electron chi connectivity index (χ4n) is 1.46. The Morgan fingerprint density at radius 1 is 1.47 bits per heavy atom. The van der Waals surface area contributed by atoms with Gasteiger partial charge in [-0.25, -0.2) is 0 Å². The minimum atomic E-state index is 0.0444. The molecule has 0 amide bonds. The number of amidine groups is 1. The zero-order valence-electron chi connectivity index (χ0n) is 9.82. The Labute approximate surface area is 110 Å². The Balaban J connectivity index is 2.80. The Morgan fingerprint density at radius 2 is 2.24 bits per heavy atom. The summed E-state index contributed by atoms with van der Waals surface area (Å²) >= 11 is 3.36. The lowest BCUT2D eigenvalue weighted by Crippen LogP contribution is -2.16. The lowest BCUT2D eigenvalue weighted by atomic mass is 10.2. The van der Waals surface area contributed by atoms with Crippen LogP contribution in [0.2, 0.25) is 0 Å². The van der Waals surface area contributed by atoms with Crippen molar-refractivity contribution in [3.63, 3.8) is 0 Å². The number of halogens is 1. The average molecular weight is 301 g/mol. The third-order valence-electron chi connectivity index (χ3n) is 2.34. The predicted molar refractivity (Wildman–Crippen MR) is 71.7 cm³/mol. The molecule has 0 saturated heterocycles. The van der Waals surface area contributed by atoms with E-state index in [1.807, 2.05) is 18.2 Å². The zero-order valence-corrected chi connectivity index (χ0v) is 11.4. The number of hydrogen-bond donors (Lipinski definition) is 2. The lowest BCUT2D eigenvalue weighted by molar-refractivity contribution is 0.303. The van der Waals surface area contributed by atoms with Gasteiger partial charge in [-0.05, 0) is 34.5 Å². The van der Waals surface area contributed by atoms with Crippen molar-refractivity contribution in [3.05, 3.63) is 28.2 Å². The first-order valence-corrected chi connectivity index (χ1v) is 6.39. The Kier molecular flexibility index (Phi) is 5.83. The smallest absolute Gasteiger partial charge is 0.174 e. The van der Waals surface area contributed by atoms with Crippen molar-refractivity contribution >= 4 is 21.8 Å². The maximum Gasteiger partial charge on any atom is 0.174 e. The summed E-state index contributed by atoms with van der Waals surface area (Å²) in [5.41, 5.74) is 6.21. The molecule has 0 unspecified atom stereocenters. The molecule has 0 aliphatic rings. The minimum absolute atomic E-state index is 0.0444. The molecule has 0 radical (unpaired) electrons. The Morgan fingerprint density at radius 3 is 2.88 bits per heavy atom. The summed E-state index contributed by atoms with van der Waals surface area (Å²) < 4.78 is 6.39. The number of nitrogens with two attached hydrogens (primary N) is 1. The molecule has 0 atom stereocenters. The largest absolute Gasteiger partial charge is 0.493 e. The standard InChI is InChI=1S/C12H17BrN2O2/c1-2-3-4-8-17-10-7-5-6-9(13)11(10)12(14)15-16/h5-7,16H,2-4,8H2,1H3,(H2,14,15). The second-order valence-corrected chi connectivity index (χ2v) is 4.51. The summed E-state index contributed by atoms with van der Waals surface area (Å²) in [5, 5.41) is 11.7. The summed E-state index contributed by atoms with van der Waals surface area (Å²) in [5.74, 6) is 0.675. The Hall–Kier alpha value is -1.23. The van der Waals surface area contributed by atoms with Crippen molar-refractivity contribution in [2.24, 2.45) is 10.9 Å². The second kappa shape index (κ2) is 7.17. The zero-order chi connectivity index (χ0) is 12.7. The quantitative estimate of drug-likeness (QED) is 0.279. The van der Waals surface area contributed by atoms with Gasteiger partial charge >= 0.3 is 0 Å². The van der Waals surface area contributed by atoms with Gasteiger partial charge in [0, 0.05) is 4.47 Å². The van der Waals surface area contributed by atoms with E-state index in [1.165, 1.54) is 0 Å². The van der Waals surface area contributed by atoms with Gasteiger partial charge in [0.1, 0.15) is 5.75 Å². The summed E-state index contributed by atoms with van der Waals surface area (Å²) in [6, 6.07) is 5.49. The van der Waals surface area contributed by atoms with E-state index < -0.39 is 0 Å². The van der Waals surface area contributed by atoms with Gasteiger partial charge in [-0.3, -0.25) is 0 Å². The normalized spacial score (nSPS) is 11.5. The van der Waals surface area contributed by atoms with Gasteiger partial charge in [-0.1, -0.05) is 31.0 Å². The van der Waals surface area contributed by atoms with E-state index in [0.717, 1.165) is 23.7 Å². The highest BCUT2D eigenvalue weighted by molar-refractivity contribution is 9.10. The van der Waals surface area contributed by atoms with Gasteiger partial charge in [0.15, 0.2) is 5.84 Å². The van der Waals surface area contributed by atoms with E-state index in [0.29, 0.717) is 17.9 Å². The van der Waals surface area contributed by atoms with E-state index in [-0.39, 0.29) is 5.84 Å². The van der Waals surface area contributed by atoms with E-state index in [1.54, 1.807) is 0 Å². The van der Waals surface area contributed by atoms with Gasteiger partial charge in [-0.15, -0.1) is 0 Å². The summed E-state index contributed by atoms with van der Waals surface area (Å²) in [6.07, 6.45) is 3.28. The van der Waals surface area contributed by atoms with Crippen LogP contribution in [0.3, 0.4) is 0 Å². The number of rotatable bonds is 6. The fourth-order valence-corrected chi connectivity index (χ4v) is 2.01. The van der Waals surface area contributed by atoms with Gasteiger partial charge in [0.05, 0.1) is 12.2 Å². The van der Waals surface area contributed by atoms with Crippen LogP contribution in [0.25, 0.3) is 0 Å².